The minimum atomic E-state index is -1.66. The van der Waals surface area contributed by atoms with Crippen LogP contribution in [-0.2, 0) is 20.7 Å². The molecule has 23 heavy (non-hydrogen) atoms. The van der Waals surface area contributed by atoms with Gasteiger partial charge in [0.2, 0.25) is 0 Å². The van der Waals surface area contributed by atoms with Gasteiger partial charge in [-0.2, -0.15) is 0 Å². The van der Waals surface area contributed by atoms with Crippen molar-refractivity contribution in [3.63, 3.8) is 0 Å². The van der Waals surface area contributed by atoms with Crippen molar-refractivity contribution in [2.45, 2.75) is 43.5 Å². The maximum Gasteiger partial charge on any atom is 0.306 e. The van der Waals surface area contributed by atoms with E-state index in [9.17, 15) is 25.2 Å². The molecule has 5 atom stereocenters. The second kappa shape index (κ2) is 7.71. The van der Waals surface area contributed by atoms with Crippen LogP contribution in [0.15, 0.2) is 24.3 Å². The molecule has 1 aliphatic rings. The van der Waals surface area contributed by atoms with Crippen LogP contribution in [0.2, 0.25) is 0 Å². The van der Waals surface area contributed by atoms with Crippen molar-refractivity contribution < 1.29 is 39.8 Å². The molecular weight excluding hydrogens is 308 g/mol. The third kappa shape index (κ3) is 4.63. The quantitative estimate of drug-likeness (QED) is 0.419. The third-order valence-electron chi connectivity index (χ3n) is 3.65. The van der Waals surface area contributed by atoms with E-state index in [2.05, 4.69) is 0 Å². The van der Waals surface area contributed by atoms with Gasteiger partial charge in [-0.05, 0) is 24.1 Å². The average Bonchev–Trinajstić information content (AvgIpc) is 2.54. The largest absolute Gasteiger partial charge is 0.508 e. The first-order valence-corrected chi connectivity index (χ1v) is 7.19. The molecule has 0 radical (unpaired) electrons. The second-order valence-corrected chi connectivity index (χ2v) is 5.39. The summed E-state index contributed by atoms with van der Waals surface area (Å²) in [4.78, 5) is 11.7. The van der Waals surface area contributed by atoms with Gasteiger partial charge in [-0.1, -0.05) is 12.1 Å². The molecule has 0 aromatic heterocycles. The van der Waals surface area contributed by atoms with Crippen LogP contribution >= 0.6 is 0 Å². The fourth-order valence-corrected chi connectivity index (χ4v) is 2.22. The van der Waals surface area contributed by atoms with Crippen molar-refractivity contribution >= 4 is 5.97 Å². The van der Waals surface area contributed by atoms with Gasteiger partial charge < -0.3 is 35.0 Å². The highest BCUT2D eigenvalue weighted by molar-refractivity contribution is 5.69. The molecule has 1 unspecified atom stereocenters. The Balaban J connectivity index is 1.76. The van der Waals surface area contributed by atoms with Crippen LogP contribution < -0.4 is 0 Å². The molecule has 1 aromatic rings. The van der Waals surface area contributed by atoms with Gasteiger partial charge in [0.25, 0.3) is 0 Å². The lowest BCUT2D eigenvalue weighted by Gasteiger charge is -2.37. The highest BCUT2D eigenvalue weighted by Crippen LogP contribution is 2.20. The molecule has 0 spiro atoms. The Morgan fingerprint density at radius 1 is 1.04 bits per heavy atom. The summed E-state index contributed by atoms with van der Waals surface area (Å²) in [5, 5.41) is 47.1. The van der Waals surface area contributed by atoms with Gasteiger partial charge in [0.15, 0.2) is 6.29 Å². The Labute approximate surface area is 132 Å². The molecule has 8 heteroatoms. The number of aliphatic hydroxyl groups excluding tert-OH is 4. The van der Waals surface area contributed by atoms with Crippen molar-refractivity contribution in [3.05, 3.63) is 29.8 Å². The summed E-state index contributed by atoms with van der Waals surface area (Å²) in [5.41, 5.74) is 0.850. The summed E-state index contributed by atoms with van der Waals surface area (Å²) in [7, 11) is 0. The van der Waals surface area contributed by atoms with E-state index < -0.39 is 36.7 Å². The Morgan fingerprint density at radius 3 is 2.35 bits per heavy atom. The highest BCUT2D eigenvalue weighted by atomic mass is 16.6. The molecule has 0 aliphatic carbocycles. The van der Waals surface area contributed by atoms with Crippen molar-refractivity contribution in [2.24, 2.45) is 0 Å². The van der Waals surface area contributed by atoms with E-state index in [1.165, 1.54) is 12.1 Å². The fourth-order valence-electron chi connectivity index (χ4n) is 2.22. The van der Waals surface area contributed by atoms with Gasteiger partial charge in [0, 0.05) is 6.42 Å². The van der Waals surface area contributed by atoms with E-state index in [4.69, 9.17) is 14.6 Å². The van der Waals surface area contributed by atoms with Gasteiger partial charge in [0.1, 0.15) is 36.8 Å². The Morgan fingerprint density at radius 2 is 1.70 bits per heavy atom. The summed E-state index contributed by atoms with van der Waals surface area (Å²) in [6, 6.07) is 6.40. The Bertz CT molecular complexity index is 517. The molecule has 1 fully saturated rings. The number of hydrogen-bond donors (Lipinski definition) is 5. The summed E-state index contributed by atoms with van der Waals surface area (Å²) < 4.78 is 9.85. The van der Waals surface area contributed by atoms with E-state index in [0.29, 0.717) is 6.42 Å². The van der Waals surface area contributed by atoms with E-state index in [1.807, 2.05) is 0 Å². The Kier molecular flexibility index (Phi) is 5.91. The molecule has 0 saturated carbocycles. The molecule has 1 heterocycles. The van der Waals surface area contributed by atoms with Crippen molar-refractivity contribution in [2.75, 3.05) is 6.61 Å². The van der Waals surface area contributed by atoms with E-state index in [-0.39, 0.29) is 18.8 Å². The zero-order valence-electron chi connectivity index (χ0n) is 12.3. The van der Waals surface area contributed by atoms with Crippen LogP contribution in [0, 0.1) is 0 Å². The lowest BCUT2D eigenvalue weighted by Crippen LogP contribution is -2.58. The topological polar surface area (TPSA) is 137 Å². The molecule has 2 rings (SSSR count). The van der Waals surface area contributed by atoms with Gasteiger partial charge in [-0.15, -0.1) is 0 Å². The van der Waals surface area contributed by atoms with E-state index >= 15 is 0 Å². The minimum Gasteiger partial charge on any atom is -0.508 e. The molecule has 8 nitrogen and oxygen atoms in total. The summed E-state index contributed by atoms with van der Waals surface area (Å²) >= 11 is 0. The zero-order chi connectivity index (χ0) is 17.0. The number of rotatable bonds is 5. The number of carbonyl (C=O) groups is 1. The van der Waals surface area contributed by atoms with Gasteiger partial charge in [0.05, 0.1) is 0 Å². The first kappa shape index (κ1) is 17.6. The molecule has 1 saturated heterocycles. The van der Waals surface area contributed by atoms with Crippen molar-refractivity contribution in [1.29, 1.82) is 0 Å². The van der Waals surface area contributed by atoms with Crippen LogP contribution in [0.25, 0.3) is 0 Å². The second-order valence-electron chi connectivity index (χ2n) is 5.39. The number of ether oxygens (including phenoxy) is 2. The number of phenolic OH excluding ortho intramolecular Hbond substituents is 1. The minimum absolute atomic E-state index is 0.0846. The maximum atomic E-state index is 11.7. The standard InChI is InChI=1S/C15H20O8/c16-9-4-1-8(2-5-9)3-6-11(17)22-7-10-12(18)13(19)14(20)15(21)23-10/h1-2,4-5,10,12-16,18-21H,3,6-7H2/t10-,12-,13+,14-,15?/m1/s1. The third-order valence-corrected chi connectivity index (χ3v) is 3.65. The molecule has 1 aromatic carbocycles. The van der Waals surface area contributed by atoms with Crippen molar-refractivity contribution in [3.8, 4) is 5.75 Å². The summed E-state index contributed by atoms with van der Waals surface area (Å²) in [5.74, 6) is -0.400. The number of benzene rings is 1. The lowest BCUT2D eigenvalue weighted by atomic mass is 9.99. The predicted molar refractivity (Wildman–Crippen MR) is 76.3 cm³/mol. The number of aliphatic hydroxyl groups is 4. The van der Waals surface area contributed by atoms with E-state index in [1.54, 1.807) is 12.1 Å². The van der Waals surface area contributed by atoms with Gasteiger partial charge >= 0.3 is 5.97 Å². The van der Waals surface area contributed by atoms with Crippen molar-refractivity contribution in [1.82, 2.24) is 0 Å². The molecule has 1 aliphatic heterocycles. The molecular formula is C15H20O8. The number of esters is 1. The number of aromatic hydroxyl groups is 1. The monoisotopic (exact) mass is 328 g/mol. The van der Waals surface area contributed by atoms with Gasteiger partial charge in [-0.3, -0.25) is 4.79 Å². The zero-order valence-corrected chi connectivity index (χ0v) is 12.3. The molecule has 128 valence electrons. The van der Waals surface area contributed by atoms with Crippen LogP contribution in [0.4, 0.5) is 0 Å². The summed E-state index contributed by atoms with van der Waals surface area (Å²) in [6.07, 6.45) is -6.96. The van der Waals surface area contributed by atoms with Crippen LogP contribution in [0.5, 0.6) is 5.75 Å². The average molecular weight is 328 g/mol. The van der Waals surface area contributed by atoms with Crippen LogP contribution in [0.3, 0.4) is 0 Å². The first-order valence-electron chi connectivity index (χ1n) is 7.19. The van der Waals surface area contributed by atoms with E-state index in [0.717, 1.165) is 5.56 Å². The normalized spacial score (nSPS) is 30.9. The molecule has 0 amide bonds. The first-order chi connectivity index (χ1) is 10.9. The lowest BCUT2D eigenvalue weighted by molar-refractivity contribution is -0.287. The Hall–Kier alpha value is -1.71. The highest BCUT2D eigenvalue weighted by Gasteiger charge is 2.43. The van der Waals surface area contributed by atoms with Crippen LogP contribution in [0.1, 0.15) is 12.0 Å². The SMILES string of the molecule is O=C(CCc1ccc(O)cc1)OC[C@H]1OC(O)[C@H](O)[C@@H](O)[C@@H]1O. The molecule has 5 N–H and O–H groups in total. The smallest absolute Gasteiger partial charge is 0.306 e. The maximum absolute atomic E-state index is 11.7. The number of carbonyl (C=O) groups excluding carboxylic acids is 1. The predicted octanol–water partition coefficient (Wildman–Crippen LogP) is -1.33. The number of aryl methyl sites for hydroxylation is 1. The molecule has 0 bridgehead atoms. The number of phenols is 1. The fraction of sp³-hybridized carbons (Fsp3) is 0.533. The van der Waals surface area contributed by atoms with Crippen LogP contribution in [-0.4, -0.2) is 68.8 Å². The summed E-state index contributed by atoms with van der Waals surface area (Å²) in [6.45, 7) is -0.351. The van der Waals surface area contributed by atoms with Gasteiger partial charge in [-0.25, -0.2) is 0 Å². The number of hydrogen-bond acceptors (Lipinski definition) is 8.